The monoisotopic (exact) mass is 527 g/mol. The summed E-state index contributed by atoms with van der Waals surface area (Å²) < 4.78 is 54.6. The van der Waals surface area contributed by atoms with Gasteiger partial charge in [-0.25, -0.2) is 9.67 Å². The molecule has 12 heteroatoms. The van der Waals surface area contributed by atoms with Gasteiger partial charge < -0.3 is 14.4 Å². The zero-order chi connectivity index (χ0) is 26.3. The summed E-state index contributed by atoms with van der Waals surface area (Å²) >= 11 is 0. The summed E-state index contributed by atoms with van der Waals surface area (Å²) in [5.74, 6) is 0.650. The van der Waals surface area contributed by atoms with Crippen molar-refractivity contribution in [3.63, 3.8) is 0 Å². The number of anilines is 1. The lowest BCUT2D eigenvalue weighted by molar-refractivity contribution is -0.142. The molecular weight excluding hydrogens is 499 g/mol. The highest BCUT2D eigenvalue weighted by atomic mass is 19.4. The molecule has 9 nitrogen and oxygen atoms in total. The van der Waals surface area contributed by atoms with E-state index in [1.165, 1.54) is 6.20 Å². The third-order valence-corrected chi connectivity index (χ3v) is 7.04. The number of morpholine rings is 1. The van der Waals surface area contributed by atoms with E-state index >= 15 is 0 Å². The maximum Gasteiger partial charge on any atom is 0.408 e. The summed E-state index contributed by atoms with van der Waals surface area (Å²) in [6.45, 7) is 3.20. The van der Waals surface area contributed by atoms with Crippen LogP contribution < -0.4 is 4.90 Å². The molecule has 0 spiro atoms. The van der Waals surface area contributed by atoms with Crippen molar-refractivity contribution in [1.29, 1.82) is 0 Å². The van der Waals surface area contributed by atoms with E-state index in [4.69, 9.17) is 14.5 Å². The Morgan fingerprint density at radius 1 is 1.03 bits per heavy atom. The summed E-state index contributed by atoms with van der Waals surface area (Å²) in [4.78, 5) is 11.9. The largest absolute Gasteiger partial charge is 0.408 e. The Kier molecular flexibility index (Phi) is 6.52. The number of pyridine rings is 2. The van der Waals surface area contributed by atoms with Crippen molar-refractivity contribution in [1.82, 2.24) is 29.5 Å². The van der Waals surface area contributed by atoms with Crippen molar-refractivity contribution in [3.8, 4) is 22.6 Å². The number of fused-ring (bicyclic) bond motifs is 1. The first-order valence-corrected chi connectivity index (χ1v) is 12.8. The molecule has 2 aliphatic heterocycles. The van der Waals surface area contributed by atoms with Crippen LogP contribution >= 0.6 is 0 Å². The third-order valence-electron chi connectivity index (χ3n) is 7.04. The second-order valence-electron chi connectivity index (χ2n) is 9.67. The van der Waals surface area contributed by atoms with Crippen LogP contribution in [0.25, 0.3) is 33.5 Å². The molecule has 38 heavy (non-hydrogen) atoms. The molecule has 1 unspecified atom stereocenters. The third kappa shape index (κ3) is 4.73. The van der Waals surface area contributed by atoms with E-state index in [0.29, 0.717) is 60.0 Å². The molecule has 2 atom stereocenters. The van der Waals surface area contributed by atoms with Crippen LogP contribution in [0.15, 0.2) is 42.9 Å². The van der Waals surface area contributed by atoms with Gasteiger partial charge in [-0.1, -0.05) is 0 Å². The fraction of sp³-hybridized carbons (Fsp3) is 0.462. The lowest BCUT2D eigenvalue weighted by Crippen LogP contribution is -2.44. The Balaban J connectivity index is 1.56. The number of aromatic nitrogens is 6. The molecule has 0 N–H and O–H groups in total. The van der Waals surface area contributed by atoms with Crippen molar-refractivity contribution in [3.05, 3.63) is 42.9 Å². The van der Waals surface area contributed by atoms with E-state index in [2.05, 4.69) is 20.1 Å². The number of nitrogens with zero attached hydrogens (tertiary/aromatic N) is 7. The number of hydrogen-bond acceptors (Lipinski definition) is 7. The number of ether oxygens (including phenoxy) is 2. The average molecular weight is 528 g/mol. The number of alkyl halides is 3. The van der Waals surface area contributed by atoms with Gasteiger partial charge in [0.05, 0.1) is 30.6 Å². The minimum absolute atomic E-state index is 0.0444. The number of rotatable bonds is 5. The quantitative estimate of drug-likeness (QED) is 0.367. The molecule has 6 heterocycles. The maximum absolute atomic E-state index is 13.4. The lowest BCUT2D eigenvalue weighted by Gasteiger charge is -2.34. The number of halogens is 3. The van der Waals surface area contributed by atoms with Crippen LogP contribution in [-0.4, -0.2) is 68.1 Å². The van der Waals surface area contributed by atoms with E-state index in [1.54, 1.807) is 24.5 Å². The van der Waals surface area contributed by atoms with Crippen LogP contribution in [0.1, 0.15) is 32.4 Å². The van der Waals surface area contributed by atoms with Gasteiger partial charge in [-0.3, -0.25) is 9.67 Å². The Labute approximate surface area is 217 Å². The molecule has 4 aromatic heterocycles. The first-order valence-electron chi connectivity index (χ1n) is 12.8. The van der Waals surface area contributed by atoms with Crippen LogP contribution in [0, 0.1) is 0 Å². The molecule has 0 aliphatic carbocycles. The molecule has 2 saturated heterocycles. The summed E-state index contributed by atoms with van der Waals surface area (Å²) in [5.41, 5.74) is 2.89. The molecule has 200 valence electrons. The van der Waals surface area contributed by atoms with Crippen LogP contribution in [0.5, 0.6) is 0 Å². The Bertz CT molecular complexity index is 1430. The first-order chi connectivity index (χ1) is 18.4. The molecular formula is C26H28F3N7O2. The highest BCUT2D eigenvalue weighted by molar-refractivity contribution is 6.01. The Hall–Kier alpha value is -3.51. The Morgan fingerprint density at radius 3 is 2.66 bits per heavy atom. The fourth-order valence-corrected chi connectivity index (χ4v) is 5.26. The molecule has 0 amide bonds. The smallest absolute Gasteiger partial charge is 0.377 e. The second-order valence-corrected chi connectivity index (χ2v) is 9.67. The van der Waals surface area contributed by atoms with Gasteiger partial charge in [-0.2, -0.15) is 23.4 Å². The first kappa shape index (κ1) is 24.8. The van der Waals surface area contributed by atoms with E-state index < -0.39 is 12.7 Å². The molecule has 0 saturated carbocycles. The van der Waals surface area contributed by atoms with Gasteiger partial charge in [0.25, 0.3) is 0 Å². The van der Waals surface area contributed by atoms with Crippen LogP contribution in [0.2, 0.25) is 0 Å². The molecule has 4 aromatic rings. The van der Waals surface area contributed by atoms with Gasteiger partial charge in [0, 0.05) is 42.7 Å². The van der Waals surface area contributed by atoms with E-state index in [0.717, 1.165) is 29.6 Å². The highest BCUT2D eigenvalue weighted by Crippen LogP contribution is 2.37. The van der Waals surface area contributed by atoms with Gasteiger partial charge in [0.1, 0.15) is 23.6 Å². The minimum Gasteiger partial charge on any atom is -0.377 e. The molecule has 0 bridgehead atoms. The maximum atomic E-state index is 13.4. The van der Waals surface area contributed by atoms with Crippen molar-refractivity contribution in [2.45, 2.75) is 51.2 Å². The summed E-state index contributed by atoms with van der Waals surface area (Å²) in [6.07, 6.45) is 3.03. The van der Waals surface area contributed by atoms with Crippen molar-refractivity contribution >= 4 is 16.7 Å². The van der Waals surface area contributed by atoms with Gasteiger partial charge in [0.2, 0.25) is 0 Å². The standard InChI is InChI=1S/C26H28F3N7O2/c1-17-15-37-13-11-34(17)22-14-19(20-6-9-31-35(20)16-26(27,28)29)18-5-8-30-25(24(18)33-22)21-7-10-32-36(21)23-4-2-3-12-38-23/h5-10,14,17,23H,2-4,11-13,15-16H2,1H3/t17-,23?/m1/s1. The number of hydrogen-bond donors (Lipinski definition) is 0. The molecule has 2 fully saturated rings. The van der Waals surface area contributed by atoms with Gasteiger partial charge in [-0.05, 0) is 50.5 Å². The Morgan fingerprint density at radius 2 is 1.87 bits per heavy atom. The highest BCUT2D eigenvalue weighted by Gasteiger charge is 2.31. The van der Waals surface area contributed by atoms with Crippen molar-refractivity contribution < 1.29 is 22.6 Å². The molecule has 0 radical (unpaired) electrons. The predicted molar refractivity (Wildman–Crippen MR) is 135 cm³/mol. The van der Waals surface area contributed by atoms with Crippen LogP contribution in [0.3, 0.4) is 0 Å². The SMILES string of the molecule is C[C@@H]1COCCN1c1cc(-c2ccnn2CC(F)(F)F)c2ccnc(-c3ccnn3C3CCCCO3)c2n1. The minimum atomic E-state index is -4.41. The predicted octanol–water partition coefficient (Wildman–Crippen LogP) is 4.84. The molecule has 2 aliphatic rings. The summed E-state index contributed by atoms with van der Waals surface area (Å²) in [6, 6.07) is 7.16. The zero-order valence-electron chi connectivity index (χ0n) is 20.9. The van der Waals surface area contributed by atoms with E-state index in [9.17, 15) is 13.2 Å². The molecule has 0 aromatic carbocycles. The zero-order valence-corrected chi connectivity index (χ0v) is 20.9. The normalized spacial score (nSPS) is 20.8. The van der Waals surface area contributed by atoms with Crippen LogP contribution in [-0.2, 0) is 16.0 Å². The van der Waals surface area contributed by atoms with E-state index in [1.807, 2.05) is 23.7 Å². The summed E-state index contributed by atoms with van der Waals surface area (Å²) in [7, 11) is 0. The van der Waals surface area contributed by atoms with E-state index in [-0.39, 0.29) is 12.3 Å². The van der Waals surface area contributed by atoms with Gasteiger partial charge in [0.15, 0.2) is 6.23 Å². The second kappa shape index (κ2) is 9.99. The van der Waals surface area contributed by atoms with Crippen molar-refractivity contribution in [2.75, 3.05) is 31.3 Å². The van der Waals surface area contributed by atoms with Gasteiger partial charge in [-0.15, -0.1) is 0 Å². The topological polar surface area (TPSA) is 83.1 Å². The fourth-order valence-electron chi connectivity index (χ4n) is 5.26. The van der Waals surface area contributed by atoms with Gasteiger partial charge >= 0.3 is 6.18 Å². The molecule has 6 rings (SSSR count). The van der Waals surface area contributed by atoms with Crippen molar-refractivity contribution in [2.24, 2.45) is 0 Å². The summed E-state index contributed by atoms with van der Waals surface area (Å²) in [5, 5.41) is 9.20. The average Bonchev–Trinajstić information content (AvgIpc) is 3.57. The lowest BCUT2D eigenvalue weighted by atomic mass is 10.0. The van der Waals surface area contributed by atoms with Crippen LogP contribution in [0.4, 0.5) is 19.0 Å².